The fourth-order valence-corrected chi connectivity index (χ4v) is 2.72. The fraction of sp³-hybridized carbons (Fsp3) is 0.364. The molecule has 0 fully saturated rings. The molecule has 3 N–H and O–H groups in total. The summed E-state index contributed by atoms with van der Waals surface area (Å²) in [4.78, 5) is 10.8. The number of primary amides is 1. The Morgan fingerprint density at radius 3 is 2.61 bits per heavy atom. The molecular weight excluding hydrogens is 259 g/mol. The molecule has 1 rings (SSSR count). The van der Waals surface area contributed by atoms with Gasteiger partial charge in [-0.2, -0.15) is 0 Å². The first-order chi connectivity index (χ1) is 8.21. The maximum atomic E-state index is 13.5. The van der Waals surface area contributed by atoms with Crippen LogP contribution in [0.1, 0.15) is 18.1 Å². The first-order valence-electron chi connectivity index (χ1n) is 5.25. The number of hydrogen-bond acceptors (Lipinski definition) is 3. The van der Waals surface area contributed by atoms with E-state index < -0.39 is 33.5 Å². The third kappa shape index (κ3) is 4.08. The highest BCUT2D eigenvalue weighted by Gasteiger charge is 2.20. The largest absolute Gasteiger partial charge is 0.368 e. The zero-order chi connectivity index (χ0) is 13.9. The lowest BCUT2D eigenvalue weighted by Gasteiger charge is -2.11. The van der Waals surface area contributed by atoms with Crippen molar-refractivity contribution in [1.82, 2.24) is 4.72 Å². The minimum absolute atomic E-state index is 0.0461. The van der Waals surface area contributed by atoms with Crippen LogP contribution in [0.5, 0.6) is 0 Å². The van der Waals surface area contributed by atoms with Crippen LogP contribution in [0.3, 0.4) is 0 Å². The van der Waals surface area contributed by atoms with Gasteiger partial charge >= 0.3 is 0 Å². The number of halogens is 1. The van der Waals surface area contributed by atoms with E-state index in [0.717, 1.165) is 0 Å². The second-order valence-electron chi connectivity index (χ2n) is 4.10. The highest BCUT2D eigenvalue weighted by atomic mass is 32.2. The van der Waals surface area contributed by atoms with E-state index in [4.69, 9.17) is 5.73 Å². The minimum atomic E-state index is -3.81. The van der Waals surface area contributed by atoms with E-state index in [1.54, 1.807) is 13.0 Å². The summed E-state index contributed by atoms with van der Waals surface area (Å²) in [5.74, 6) is -1.91. The Labute approximate surface area is 105 Å². The lowest BCUT2D eigenvalue weighted by Crippen LogP contribution is -2.42. The molecule has 0 aromatic heterocycles. The molecule has 0 spiro atoms. The predicted octanol–water partition coefficient (Wildman–Crippen LogP) is 0.427. The van der Waals surface area contributed by atoms with Gasteiger partial charge in [-0.3, -0.25) is 4.79 Å². The van der Waals surface area contributed by atoms with Gasteiger partial charge in [-0.1, -0.05) is 12.1 Å². The van der Waals surface area contributed by atoms with E-state index in [1.807, 2.05) is 0 Å². The van der Waals surface area contributed by atoms with Gasteiger partial charge in [-0.05, 0) is 25.5 Å². The number of carbonyl (C=O) groups is 1. The van der Waals surface area contributed by atoms with Crippen molar-refractivity contribution in [2.75, 3.05) is 0 Å². The molecule has 0 unspecified atom stereocenters. The van der Waals surface area contributed by atoms with Crippen LogP contribution >= 0.6 is 0 Å². The average Bonchev–Trinajstić information content (AvgIpc) is 2.21. The zero-order valence-corrected chi connectivity index (χ0v) is 10.9. The van der Waals surface area contributed by atoms with Gasteiger partial charge in [0.25, 0.3) is 0 Å². The SMILES string of the molecule is Cc1ccc(CS(=O)(=O)N[C@@H](C)C(N)=O)c(F)c1. The number of nitrogens with one attached hydrogen (secondary N) is 1. The number of carbonyl (C=O) groups excluding carboxylic acids is 1. The van der Waals surface area contributed by atoms with Crippen LogP contribution in [-0.2, 0) is 20.6 Å². The summed E-state index contributed by atoms with van der Waals surface area (Å²) in [6, 6.07) is 3.25. The summed E-state index contributed by atoms with van der Waals surface area (Å²) in [5.41, 5.74) is 5.69. The standard InChI is InChI=1S/C11H15FN2O3S/c1-7-3-4-9(10(12)5-7)6-18(16,17)14-8(2)11(13)15/h3-5,8,14H,6H2,1-2H3,(H2,13,15)/t8-/m0/s1. The Morgan fingerprint density at radius 2 is 2.11 bits per heavy atom. The smallest absolute Gasteiger partial charge is 0.235 e. The third-order valence-corrected chi connectivity index (χ3v) is 3.74. The molecule has 0 radical (unpaired) electrons. The van der Waals surface area contributed by atoms with E-state index in [2.05, 4.69) is 4.72 Å². The molecular formula is C11H15FN2O3S. The van der Waals surface area contributed by atoms with E-state index in [-0.39, 0.29) is 5.56 Å². The quantitative estimate of drug-likeness (QED) is 0.815. The molecule has 1 aromatic carbocycles. The Balaban J connectivity index is 2.86. The molecule has 100 valence electrons. The first kappa shape index (κ1) is 14.6. The molecule has 0 saturated heterocycles. The van der Waals surface area contributed by atoms with Crippen molar-refractivity contribution in [1.29, 1.82) is 0 Å². The van der Waals surface area contributed by atoms with Crippen LogP contribution < -0.4 is 10.5 Å². The summed E-state index contributed by atoms with van der Waals surface area (Å²) >= 11 is 0. The Hall–Kier alpha value is -1.47. The molecule has 0 bridgehead atoms. The van der Waals surface area contributed by atoms with Gasteiger partial charge in [0.05, 0.1) is 11.8 Å². The lowest BCUT2D eigenvalue weighted by atomic mass is 10.2. The van der Waals surface area contributed by atoms with Crippen molar-refractivity contribution in [3.63, 3.8) is 0 Å². The van der Waals surface area contributed by atoms with Crippen molar-refractivity contribution < 1.29 is 17.6 Å². The predicted molar refractivity (Wildman–Crippen MR) is 65.6 cm³/mol. The van der Waals surface area contributed by atoms with Crippen LogP contribution in [0.15, 0.2) is 18.2 Å². The normalized spacial score (nSPS) is 13.3. The maximum absolute atomic E-state index is 13.5. The number of amides is 1. The van der Waals surface area contributed by atoms with Gasteiger partial charge in [0.15, 0.2) is 0 Å². The highest BCUT2D eigenvalue weighted by molar-refractivity contribution is 7.88. The van der Waals surface area contributed by atoms with Gasteiger partial charge in [-0.15, -0.1) is 0 Å². The molecule has 0 saturated carbocycles. The first-order valence-corrected chi connectivity index (χ1v) is 6.91. The lowest BCUT2D eigenvalue weighted by molar-refractivity contribution is -0.119. The van der Waals surface area contributed by atoms with Gasteiger partial charge in [0.2, 0.25) is 15.9 Å². The summed E-state index contributed by atoms with van der Waals surface area (Å²) in [5, 5.41) is 0. The monoisotopic (exact) mass is 274 g/mol. The summed E-state index contributed by atoms with van der Waals surface area (Å²) < 4.78 is 38.9. The molecule has 1 atom stereocenters. The molecule has 0 aliphatic heterocycles. The third-order valence-electron chi connectivity index (χ3n) is 2.34. The Morgan fingerprint density at radius 1 is 1.50 bits per heavy atom. The fourth-order valence-electron chi connectivity index (χ4n) is 1.34. The topological polar surface area (TPSA) is 89.3 Å². The molecule has 1 amide bonds. The molecule has 18 heavy (non-hydrogen) atoms. The molecule has 7 heteroatoms. The van der Waals surface area contributed by atoms with Crippen LogP contribution in [0.25, 0.3) is 0 Å². The number of aryl methyl sites for hydroxylation is 1. The van der Waals surface area contributed by atoms with Crippen molar-refractivity contribution in [3.8, 4) is 0 Å². The van der Waals surface area contributed by atoms with E-state index in [1.165, 1.54) is 19.1 Å². The van der Waals surface area contributed by atoms with Gasteiger partial charge in [-0.25, -0.2) is 17.5 Å². The average molecular weight is 274 g/mol. The number of hydrogen-bond donors (Lipinski definition) is 2. The maximum Gasteiger partial charge on any atom is 0.235 e. The zero-order valence-electron chi connectivity index (χ0n) is 10.1. The second-order valence-corrected chi connectivity index (χ2v) is 5.85. The van der Waals surface area contributed by atoms with Crippen LogP contribution in [0, 0.1) is 12.7 Å². The molecule has 0 aliphatic rings. The van der Waals surface area contributed by atoms with Crippen molar-refractivity contribution in [2.24, 2.45) is 5.73 Å². The van der Waals surface area contributed by atoms with Gasteiger partial charge < -0.3 is 5.73 Å². The summed E-state index contributed by atoms with van der Waals surface area (Å²) in [6.07, 6.45) is 0. The van der Waals surface area contributed by atoms with Crippen LogP contribution in [0.2, 0.25) is 0 Å². The van der Waals surface area contributed by atoms with Crippen LogP contribution in [-0.4, -0.2) is 20.4 Å². The van der Waals surface area contributed by atoms with Crippen molar-refractivity contribution in [2.45, 2.75) is 25.6 Å². The van der Waals surface area contributed by atoms with Gasteiger partial charge in [0, 0.05) is 5.56 Å². The van der Waals surface area contributed by atoms with E-state index in [0.29, 0.717) is 5.56 Å². The Kier molecular flexibility index (Phi) is 4.42. The number of nitrogens with two attached hydrogens (primary N) is 1. The second kappa shape index (κ2) is 5.45. The van der Waals surface area contributed by atoms with Gasteiger partial charge in [0.1, 0.15) is 5.82 Å². The van der Waals surface area contributed by atoms with Crippen molar-refractivity contribution in [3.05, 3.63) is 35.1 Å². The Bertz CT molecular complexity index is 557. The summed E-state index contributed by atoms with van der Waals surface area (Å²) in [7, 11) is -3.81. The van der Waals surface area contributed by atoms with Crippen molar-refractivity contribution >= 4 is 15.9 Å². The minimum Gasteiger partial charge on any atom is -0.368 e. The molecule has 5 nitrogen and oxygen atoms in total. The summed E-state index contributed by atoms with van der Waals surface area (Å²) in [6.45, 7) is 3.03. The molecule has 0 aliphatic carbocycles. The highest BCUT2D eigenvalue weighted by Crippen LogP contribution is 2.12. The number of rotatable bonds is 5. The number of sulfonamides is 1. The molecule has 0 heterocycles. The van der Waals surface area contributed by atoms with E-state index >= 15 is 0 Å². The van der Waals surface area contributed by atoms with Crippen LogP contribution in [0.4, 0.5) is 4.39 Å². The number of benzene rings is 1. The molecule has 1 aromatic rings. The van der Waals surface area contributed by atoms with E-state index in [9.17, 15) is 17.6 Å².